The van der Waals surface area contributed by atoms with E-state index >= 15 is 0 Å². The van der Waals surface area contributed by atoms with E-state index < -0.39 is 0 Å². The van der Waals surface area contributed by atoms with Crippen LogP contribution < -0.4 is 5.32 Å². The van der Waals surface area contributed by atoms with E-state index in [1.165, 1.54) is 49.9 Å². The van der Waals surface area contributed by atoms with Crippen molar-refractivity contribution in [2.45, 2.75) is 57.0 Å². The lowest BCUT2D eigenvalue weighted by Gasteiger charge is -2.21. The molecule has 0 bridgehead atoms. The van der Waals surface area contributed by atoms with E-state index in [0.717, 1.165) is 18.3 Å². The molecule has 0 radical (unpaired) electrons. The molecule has 0 amide bonds. The summed E-state index contributed by atoms with van der Waals surface area (Å²) in [5, 5.41) is 12.5. The monoisotopic (exact) mass is 310 g/mol. The molecule has 2 atom stereocenters. The molecule has 0 saturated heterocycles. The smallest absolute Gasteiger partial charge is 0.146 e. The first-order valence-electron chi connectivity index (χ1n) is 8.96. The van der Waals surface area contributed by atoms with Gasteiger partial charge in [-0.05, 0) is 43.6 Å². The maximum Gasteiger partial charge on any atom is 0.146 e. The zero-order valence-corrected chi connectivity index (χ0v) is 13.9. The molecule has 2 aliphatic carbocycles. The molecule has 23 heavy (non-hydrogen) atoms. The van der Waals surface area contributed by atoms with E-state index in [-0.39, 0.29) is 0 Å². The van der Waals surface area contributed by atoms with Crippen LogP contribution in [-0.4, -0.2) is 20.8 Å². The fourth-order valence-corrected chi connectivity index (χ4v) is 3.92. The van der Waals surface area contributed by atoms with Crippen molar-refractivity contribution in [1.82, 2.24) is 20.1 Å². The molecule has 0 aliphatic heterocycles. The Labute approximate surface area is 138 Å². The van der Waals surface area contributed by atoms with Gasteiger partial charge in [0.2, 0.25) is 0 Å². The highest BCUT2D eigenvalue weighted by Crippen LogP contribution is 2.38. The second-order valence-electron chi connectivity index (χ2n) is 7.18. The first-order valence-corrected chi connectivity index (χ1v) is 8.96. The summed E-state index contributed by atoms with van der Waals surface area (Å²) >= 11 is 0. The quantitative estimate of drug-likeness (QED) is 0.891. The van der Waals surface area contributed by atoms with Gasteiger partial charge in [-0.1, -0.05) is 36.8 Å². The molecular weight excluding hydrogens is 284 g/mol. The molecule has 0 unspecified atom stereocenters. The van der Waals surface area contributed by atoms with Crippen molar-refractivity contribution in [3.63, 3.8) is 0 Å². The van der Waals surface area contributed by atoms with Crippen LogP contribution in [0.4, 0.5) is 0 Å². The molecule has 1 N–H and O–H groups in total. The Balaban J connectivity index is 1.36. The Morgan fingerprint density at radius 2 is 1.91 bits per heavy atom. The van der Waals surface area contributed by atoms with Gasteiger partial charge in [0.15, 0.2) is 0 Å². The molecule has 122 valence electrons. The number of benzene rings is 1. The molecule has 2 aromatic rings. The van der Waals surface area contributed by atoms with Gasteiger partial charge in [-0.15, -0.1) is 10.2 Å². The van der Waals surface area contributed by atoms with Crippen LogP contribution >= 0.6 is 0 Å². The van der Waals surface area contributed by atoms with Gasteiger partial charge in [0.25, 0.3) is 0 Å². The lowest BCUT2D eigenvalue weighted by atomic mass is 9.94. The maximum atomic E-state index is 4.40. The van der Waals surface area contributed by atoms with E-state index in [0.29, 0.717) is 12.0 Å². The summed E-state index contributed by atoms with van der Waals surface area (Å²) in [7, 11) is 2.11. The zero-order valence-electron chi connectivity index (χ0n) is 13.9. The Bertz CT molecular complexity index is 645. The molecule has 0 spiro atoms. The molecule has 1 aromatic heterocycles. The summed E-state index contributed by atoms with van der Waals surface area (Å²) in [6.45, 7) is 0.839. The number of nitrogens with zero attached hydrogens (tertiary/aromatic N) is 3. The number of rotatable bonds is 6. The molecule has 4 heteroatoms. The van der Waals surface area contributed by atoms with Crippen LogP contribution in [0.15, 0.2) is 30.3 Å². The first-order chi connectivity index (χ1) is 11.3. The van der Waals surface area contributed by atoms with Crippen molar-refractivity contribution >= 4 is 0 Å². The molecule has 2 fully saturated rings. The third-order valence-electron chi connectivity index (χ3n) is 5.46. The van der Waals surface area contributed by atoms with Crippen LogP contribution in [0, 0.1) is 5.92 Å². The van der Waals surface area contributed by atoms with Gasteiger partial charge in [0, 0.05) is 19.0 Å². The standard InChI is InChI=1S/C19H26N4/c1-23-18(21-22-19(23)15-10-11-15)13-20-17-9-5-8-16(17)12-14-6-3-2-4-7-14/h2-4,6-7,15-17,20H,5,8-13H2,1H3/t16-,17+/m1/s1. The summed E-state index contributed by atoms with van der Waals surface area (Å²) in [5.41, 5.74) is 1.46. The molecule has 2 aliphatic rings. The van der Waals surface area contributed by atoms with Gasteiger partial charge in [-0.25, -0.2) is 0 Å². The highest BCUT2D eigenvalue weighted by Gasteiger charge is 2.30. The molecule has 4 nitrogen and oxygen atoms in total. The molecule has 1 aromatic carbocycles. The first kappa shape index (κ1) is 14.9. The van der Waals surface area contributed by atoms with Gasteiger partial charge in [0.1, 0.15) is 11.6 Å². The highest BCUT2D eigenvalue weighted by molar-refractivity contribution is 5.16. The third-order valence-corrected chi connectivity index (χ3v) is 5.46. The van der Waals surface area contributed by atoms with Gasteiger partial charge in [0.05, 0.1) is 6.54 Å². The van der Waals surface area contributed by atoms with Gasteiger partial charge >= 0.3 is 0 Å². The number of hydrogen-bond acceptors (Lipinski definition) is 3. The average Bonchev–Trinajstić information content (AvgIpc) is 3.22. The Morgan fingerprint density at radius 3 is 2.70 bits per heavy atom. The van der Waals surface area contributed by atoms with Crippen LogP contribution in [0.2, 0.25) is 0 Å². The third kappa shape index (κ3) is 3.32. The van der Waals surface area contributed by atoms with Crippen molar-refractivity contribution in [2.24, 2.45) is 13.0 Å². The van der Waals surface area contributed by atoms with Crippen molar-refractivity contribution < 1.29 is 0 Å². The van der Waals surface area contributed by atoms with E-state index in [2.05, 4.69) is 57.5 Å². The lowest BCUT2D eigenvalue weighted by molar-refractivity contribution is 0.390. The van der Waals surface area contributed by atoms with Crippen LogP contribution in [0.3, 0.4) is 0 Å². The summed E-state index contributed by atoms with van der Waals surface area (Å²) in [6, 6.07) is 11.5. The summed E-state index contributed by atoms with van der Waals surface area (Å²) in [6.07, 6.45) is 7.69. The minimum Gasteiger partial charge on any atom is -0.317 e. The number of hydrogen-bond donors (Lipinski definition) is 1. The van der Waals surface area contributed by atoms with Crippen molar-refractivity contribution in [1.29, 1.82) is 0 Å². The lowest BCUT2D eigenvalue weighted by Crippen LogP contribution is -2.33. The summed E-state index contributed by atoms with van der Waals surface area (Å²) in [4.78, 5) is 0. The Kier molecular flexibility index (Phi) is 4.17. The van der Waals surface area contributed by atoms with Gasteiger partial charge in [-0.3, -0.25) is 0 Å². The van der Waals surface area contributed by atoms with Crippen LogP contribution in [-0.2, 0) is 20.0 Å². The van der Waals surface area contributed by atoms with Gasteiger partial charge < -0.3 is 9.88 Å². The predicted octanol–water partition coefficient (Wildman–Crippen LogP) is 3.19. The van der Waals surface area contributed by atoms with Gasteiger partial charge in [-0.2, -0.15) is 0 Å². The Morgan fingerprint density at radius 1 is 1.09 bits per heavy atom. The van der Waals surface area contributed by atoms with E-state index in [9.17, 15) is 0 Å². The van der Waals surface area contributed by atoms with Crippen molar-refractivity contribution in [3.8, 4) is 0 Å². The average molecular weight is 310 g/mol. The van der Waals surface area contributed by atoms with Crippen LogP contribution in [0.1, 0.15) is 55.2 Å². The van der Waals surface area contributed by atoms with E-state index in [1.54, 1.807) is 0 Å². The van der Waals surface area contributed by atoms with Crippen molar-refractivity contribution in [3.05, 3.63) is 47.5 Å². The largest absolute Gasteiger partial charge is 0.317 e. The SMILES string of the molecule is Cn1c(CN[C@H]2CCC[C@@H]2Cc2ccccc2)nnc1C1CC1. The van der Waals surface area contributed by atoms with Crippen LogP contribution in [0.25, 0.3) is 0 Å². The number of aromatic nitrogens is 3. The minimum absolute atomic E-state index is 0.608. The molecule has 2 saturated carbocycles. The highest BCUT2D eigenvalue weighted by atomic mass is 15.3. The summed E-state index contributed by atoms with van der Waals surface area (Å²) < 4.78 is 2.20. The minimum atomic E-state index is 0.608. The fraction of sp³-hybridized carbons (Fsp3) is 0.579. The predicted molar refractivity (Wildman–Crippen MR) is 91.1 cm³/mol. The van der Waals surface area contributed by atoms with E-state index in [4.69, 9.17) is 0 Å². The maximum absolute atomic E-state index is 4.40. The number of nitrogens with one attached hydrogen (secondary N) is 1. The zero-order chi connectivity index (χ0) is 15.6. The van der Waals surface area contributed by atoms with E-state index in [1.807, 2.05) is 0 Å². The second kappa shape index (κ2) is 6.44. The Hall–Kier alpha value is -1.68. The summed E-state index contributed by atoms with van der Waals surface area (Å²) in [5.74, 6) is 3.67. The second-order valence-corrected chi connectivity index (χ2v) is 7.18. The molecular formula is C19H26N4. The molecule has 4 rings (SSSR count). The molecule has 1 heterocycles. The fourth-order valence-electron chi connectivity index (χ4n) is 3.92. The van der Waals surface area contributed by atoms with Crippen molar-refractivity contribution in [2.75, 3.05) is 0 Å². The normalized spacial score (nSPS) is 24.2. The van der Waals surface area contributed by atoms with Crippen LogP contribution in [0.5, 0.6) is 0 Å². The topological polar surface area (TPSA) is 42.7 Å².